The van der Waals surface area contributed by atoms with Crippen LogP contribution in [0.1, 0.15) is 12.0 Å². The van der Waals surface area contributed by atoms with Gasteiger partial charge in [0.05, 0.1) is 27.3 Å². The van der Waals surface area contributed by atoms with E-state index in [2.05, 4.69) is 5.32 Å². The van der Waals surface area contributed by atoms with Crippen molar-refractivity contribution in [3.05, 3.63) is 23.8 Å². The standard InChI is InChI=1S/C17H21F2N3O5/c1-26-12-4-3-10(5-13(12)27-2)8-21-16(25)15(24)11-6-17(18,19)9-22(11)14(23)7-20/h3-5,11H,6-9,20H2,1-2H3,(H,21,25). The molecule has 10 heteroatoms. The normalized spacial score (nSPS) is 18.1. The van der Waals surface area contributed by atoms with Gasteiger partial charge in [0.25, 0.3) is 11.8 Å². The molecule has 27 heavy (non-hydrogen) atoms. The molecule has 0 aliphatic carbocycles. The number of Topliss-reactive ketones (excluding diaryl/α,β-unsaturated/α-hetero) is 1. The third-order valence-electron chi connectivity index (χ3n) is 4.19. The highest BCUT2D eigenvalue weighted by molar-refractivity contribution is 6.38. The summed E-state index contributed by atoms with van der Waals surface area (Å²) in [6.07, 6.45) is -0.901. The van der Waals surface area contributed by atoms with Crippen molar-refractivity contribution in [2.45, 2.75) is 24.9 Å². The Labute approximate surface area is 154 Å². The van der Waals surface area contributed by atoms with Crippen LogP contribution in [0.2, 0.25) is 0 Å². The molecule has 0 saturated carbocycles. The lowest BCUT2D eigenvalue weighted by molar-refractivity contribution is -0.143. The lowest BCUT2D eigenvalue weighted by Crippen LogP contribution is -2.48. The van der Waals surface area contributed by atoms with Gasteiger partial charge < -0.3 is 25.4 Å². The van der Waals surface area contributed by atoms with Crippen LogP contribution in [0, 0.1) is 0 Å². The second-order valence-corrected chi connectivity index (χ2v) is 6.04. The van der Waals surface area contributed by atoms with Crippen LogP contribution >= 0.6 is 0 Å². The number of nitrogens with one attached hydrogen (secondary N) is 1. The van der Waals surface area contributed by atoms with E-state index in [1.165, 1.54) is 14.2 Å². The average Bonchev–Trinajstić information content (AvgIpc) is 2.99. The van der Waals surface area contributed by atoms with Crippen molar-refractivity contribution in [2.24, 2.45) is 5.73 Å². The number of likely N-dealkylation sites (tertiary alicyclic amines) is 1. The number of amides is 2. The molecule has 0 spiro atoms. The van der Waals surface area contributed by atoms with Crippen LogP contribution < -0.4 is 20.5 Å². The maximum atomic E-state index is 13.6. The Morgan fingerprint density at radius 3 is 2.52 bits per heavy atom. The molecule has 0 radical (unpaired) electrons. The molecule has 1 aromatic carbocycles. The number of benzene rings is 1. The Kier molecular flexibility index (Phi) is 6.32. The Morgan fingerprint density at radius 2 is 1.93 bits per heavy atom. The van der Waals surface area contributed by atoms with Crippen molar-refractivity contribution in [3.63, 3.8) is 0 Å². The molecule has 0 aromatic heterocycles. The van der Waals surface area contributed by atoms with E-state index >= 15 is 0 Å². The third-order valence-corrected chi connectivity index (χ3v) is 4.19. The molecule has 1 aromatic rings. The van der Waals surface area contributed by atoms with E-state index in [0.717, 1.165) is 0 Å². The molecule has 1 fully saturated rings. The summed E-state index contributed by atoms with van der Waals surface area (Å²) in [6, 6.07) is 3.36. The van der Waals surface area contributed by atoms with Gasteiger partial charge in [-0.2, -0.15) is 0 Å². The first-order valence-electron chi connectivity index (χ1n) is 8.12. The SMILES string of the molecule is COc1ccc(CNC(=O)C(=O)C2CC(F)(F)CN2C(=O)CN)cc1OC. The predicted molar refractivity (Wildman–Crippen MR) is 90.5 cm³/mol. The minimum Gasteiger partial charge on any atom is -0.493 e. The van der Waals surface area contributed by atoms with E-state index < -0.39 is 49.1 Å². The first-order valence-corrected chi connectivity index (χ1v) is 8.12. The van der Waals surface area contributed by atoms with Crippen molar-refractivity contribution in [3.8, 4) is 11.5 Å². The molecule has 1 unspecified atom stereocenters. The molecule has 1 saturated heterocycles. The van der Waals surface area contributed by atoms with Gasteiger partial charge in [0.15, 0.2) is 11.5 Å². The maximum Gasteiger partial charge on any atom is 0.289 e. The van der Waals surface area contributed by atoms with Gasteiger partial charge in [-0.3, -0.25) is 14.4 Å². The number of halogens is 2. The van der Waals surface area contributed by atoms with Gasteiger partial charge in [-0.1, -0.05) is 6.07 Å². The van der Waals surface area contributed by atoms with Crippen LogP contribution in [-0.2, 0) is 20.9 Å². The van der Waals surface area contributed by atoms with Gasteiger partial charge >= 0.3 is 0 Å². The highest BCUT2D eigenvalue weighted by atomic mass is 19.3. The average molecular weight is 385 g/mol. The molecule has 1 atom stereocenters. The molecule has 3 N–H and O–H groups in total. The molecule has 2 rings (SSSR count). The van der Waals surface area contributed by atoms with Crippen LogP contribution in [0.4, 0.5) is 8.78 Å². The minimum absolute atomic E-state index is 0.0289. The molecule has 1 aliphatic heterocycles. The number of alkyl halides is 2. The molecule has 1 heterocycles. The largest absolute Gasteiger partial charge is 0.493 e. The zero-order chi connectivity index (χ0) is 20.2. The molecule has 2 amide bonds. The lowest BCUT2D eigenvalue weighted by atomic mass is 10.1. The minimum atomic E-state index is -3.24. The van der Waals surface area contributed by atoms with Crippen LogP contribution in [0.25, 0.3) is 0 Å². The number of ketones is 1. The number of hydrogen-bond acceptors (Lipinski definition) is 6. The summed E-state index contributed by atoms with van der Waals surface area (Å²) < 4.78 is 37.5. The number of carbonyl (C=O) groups is 3. The molecular formula is C17H21F2N3O5. The van der Waals surface area contributed by atoms with Crippen LogP contribution in [0.3, 0.4) is 0 Å². The van der Waals surface area contributed by atoms with E-state index in [1.54, 1.807) is 18.2 Å². The maximum absolute atomic E-state index is 13.6. The zero-order valence-corrected chi connectivity index (χ0v) is 15.0. The van der Waals surface area contributed by atoms with Crippen LogP contribution in [-0.4, -0.2) is 61.8 Å². The van der Waals surface area contributed by atoms with Gasteiger partial charge in [0.2, 0.25) is 11.7 Å². The highest BCUT2D eigenvalue weighted by Crippen LogP contribution is 2.32. The number of carbonyl (C=O) groups excluding carboxylic acids is 3. The summed E-state index contributed by atoms with van der Waals surface area (Å²) in [4.78, 5) is 36.8. The van der Waals surface area contributed by atoms with Gasteiger partial charge in [-0.25, -0.2) is 8.78 Å². The molecule has 0 bridgehead atoms. The Morgan fingerprint density at radius 1 is 1.26 bits per heavy atom. The smallest absolute Gasteiger partial charge is 0.289 e. The number of hydrogen-bond donors (Lipinski definition) is 2. The Hall–Kier alpha value is -2.75. The number of nitrogens with two attached hydrogens (primary N) is 1. The number of rotatable bonds is 7. The van der Waals surface area contributed by atoms with Crippen LogP contribution in [0.5, 0.6) is 11.5 Å². The van der Waals surface area contributed by atoms with E-state index in [9.17, 15) is 23.2 Å². The molecule has 1 aliphatic rings. The van der Waals surface area contributed by atoms with Crippen molar-refractivity contribution < 1.29 is 32.6 Å². The van der Waals surface area contributed by atoms with Gasteiger partial charge in [-0.15, -0.1) is 0 Å². The second-order valence-electron chi connectivity index (χ2n) is 6.04. The van der Waals surface area contributed by atoms with Gasteiger partial charge in [0, 0.05) is 13.0 Å². The number of ether oxygens (including phenoxy) is 2. The van der Waals surface area contributed by atoms with E-state index in [0.29, 0.717) is 22.0 Å². The topological polar surface area (TPSA) is 111 Å². The second kappa shape index (κ2) is 8.30. The van der Waals surface area contributed by atoms with Crippen molar-refractivity contribution in [1.29, 1.82) is 0 Å². The van der Waals surface area contributed by atoms with Gasteiger partial charge in [-0.05, 0) is 17.7 Å². The summed E-state index contributed by atoms with van der Waals surface area (Å²) in [6.45, 7) is -1.48. The predicted octanol–water partition coefficient (Wildman–Crippen LogP) is 0.0840. The molecule has 8 nitrogen and oxygen atoms in total. The van der Waals surface area contributed by atoms with Crippen molar-refractivity contribution in [1.82, 2.24) is 10.2 Å². The fraction of sp³-hybridized carbons (Fsp3) is 0.471. The van der Waals surface area contributed by atoms with E-state index in [4.69, 9.17) is 15.2 Å². The fourth-order valence-electron chi connectivity index (χ4n) is 2.84. The Balaban J connectivity index is 2.05. The van der Waals surface area contributed by atoms with Gasteiger partial charge in [0.1, 0.15) is 6.04 Å². The van der Waals surface area contributed by atoms with Crippen molar-refractivity contribution >= 4 is 17.6 Å². The summed E-state index contributed by atoms with van der Waals surface area (Å²) in [5.41, 5.74) is 5.81. The first-order chi connectivity index (χ1) is 12.7. The first kappa shape index (κ1) is 20.6. The Bertz CT molecular complexity index is 741. The molecular weight excluding hydrogens is 364 g/mol. The van der Waals surface area contributed by atoms with E-state index in [1.807, 2.05) is 0 Å². The van der Waals surface area contributed by atoms with Crippen molar-refractivity contribution in [2.75, 3.05) is 27.3 Å². The number of methoxy groups -OCH3 is 2. The summed E-state index contributed by atoms with van der Waals surface area (Å²) >= 11 is 0. The number of nitrogens with zero attached hydrogens (tertiary/aromatic N) is 1. The summed E-state index contributed by atoms with van der Waals surface area (Å²) in [5, 5.41) is 2.37. The zero-order valence-electron chi connectivity index (χ0n) is 15.0. The fourth-order valence-corrected chi connectivity index (χ4v) is 2.84. The van der Waals surface area contributed by atoms with Crippen LogP contribution in [0.15, 0.2) is 18.2 Å². The summed E-state index contributed by atoms with van der Waals surface area (Å²) in [7, 11) is 2.93. The third kappa shape index (κ3) is 4.70. The van der Waals surface area contributed by atoms with E-state index in [-0.39, 0.29) is 6.54 Å². The summed E-state index contributed by atoms with van der Waals surface area (Å²) in [5.74, 6) is -5.28. The highest BCUT2D eigenvalue weighted by Gasteiger charge is 2.50. The monoisotopic (exact) mass is 385 g/mol. The molecule has 148 valence electrons. The lowest BCUT2D eigenvalue weighted by Gasteiger charge is -2.21. The quantitative estimate of drug-likeness (QED) is 0.644.